The number of hydrogen-bond donors (Lipinski definition) is 6. The molecule has 35 heavy (non-hydrogen) atoms. The lowest BCUT2D eigenvalue weighted by atomic mass is 9.88. The molecule has 13 nitrogen and oxygen atoms in total. The van der Waals surface area contributed by atoms with Crippen LogP contribution in [-0.2, 0) is 33.3 Å². The molecule has 1 aliphatic heterocycles. The minimum atomic E-state index is -2.10. The van der Waals surface area contributed by atoms with Gasteiger partial charge in [-0.1, -0.05) is 6.58 Å². The maximum atomic E-state index is 12.6. The number of rotatable bonds is 16. The Bertz CT molecular complexity index is 692. The highest BCUT2D eigenvalue weighted by Crippen LogP contribution is 2.34. The van der Waals surface area contributed by atoms with Crippen LogP contribution in [0.3, 0.4) is 0 Å². The lowest BCUT2D eigenvalue weighted by molar-refractivity contribution is -0.312. The molecule has 202 valence electrons. The van der Waals surface area contributed by atoms with Gasteiger partial charge in [0.2, 0.25) is 11.8 Å². The van der Waals surface area contributed by atoms with Crippen molar-refractivity contribution in [1.29, 1.82) is 0 Å². The number of carbonyl (C=O) groups is 3. The van der Waals surface area contributed by atoms with Gasteiger partial charge in [0.25, 0.3) is 5.79 Å². The second kappa shape index (κ2) is 15.8. The van der Waals surface area contributed by atoms with Gasteiger partial charge < -0.3 is 50.0 Å². The molecule has 1 saturated heterocycles. The van der Waals surface area contributed by atoms with Gasteiger partial charge in [0, 0.05) is 33.1 Å². The Labute approximate surface area is 204 Å². The molecule has 1 heterocycles. The van der Waals surface area contributed by atoms with Gasteiger partial charge in [0.15, 0.2) is 0 Å². The first-order chi connectivity index (χ1) is 16.6. The molecule has 0 aromatic rings. The summed E-state index contributed by atoms with van der Waals surface area (Å²) in [5.74, 6) is -3.86. The Morgan fingerprint density at radius 1 is 1.20 bits per heavy atom. The molecule has 0 radical (unpaired) electrons. The van der Waals surface area contributed by atoms with Crippen molar-refractivity contribution in [2.75, 3.05) is 40.1 Å². The number of esters is 1. The number of unbranched alkanes of at least 4 members (excludes halogenated alkanes) is 1. The third-order valence-electron chi connectivity index (χ3n) is 5.33. The molecule has 0 aromatic heterocycles. The van der Waals surface area contributed by atoms with Crippen LogP contribution in [0, 0.1) is 0 Å². The Hall–Kier alpha value is -2.13. The summed E-state index contributed by atoms with van der Waals surface area (Å²) in [6.07, 6.45) is -3.88. The van der Waals surface area contributed by atoms with Crippen LogP contribution in [0.5, 0.6) is 0 Å². The van der Waals surface area contributed by atoms with Gasteiger partial charge in [-0.25, -0.2) is 4.79 Å². The molecule has 1 fully saturated rings. The fourth-order valence-electron chi connectivity index (χ4n) is 3.53. The topological polar surface area (TPSA) is 193 Å². The lowest BCUT2D eigenvalue weighted by Crippen LogP contribution is -2.68. The average Bonchev–Trinajstić information content (AvgIpc) is 2.84. The molecule has 2 amide bonds. The predicted octanol–water partition coefficient (Wildman–Crippen LogP) is -2.27. The second-order valence-corrected chi connectivity index (χ2v) is 8.08. The number of aliphatic hydroxyl groups excluding tert-OH is 4. The van der Waals surface area contributed by atoms with Gasteiger partial charge in [-0.3, -0.25) is 9.59 Å². The van der Waals surface area contributed by atoms with E-state index in [0.29, 0.717) is 39.0 Å². The molecule has 0 bridgehead atoms. The van der Waals surface area contributed by atoms with E-state index in [1.54, 1.807) is 0 Å². The van der Waals surface area contributed by atoms with Crippen molar-refractivity contribution in [2.45, 2.75) is 68.9 Å². The molecular formula is C22H38N2O11. The Morgan fingerprint density at radius 2 is 1.86 bits per heavy atom. The van der Waals surface area contributed by atoms with Crippen LogP contribution in [-0.4, -0.2) is 115 Å². The molecule has 0 spiro atoms. The first kappa shape index (κ1) is 30.9. The number of carbonyl (C=O) groups excluding carboxylic acids is 3. The van der Waals surface area contributed by atoms with Gasteiger partial charge in [-0.05, 0) is 25.3 Å². The van der Waals surface area contributed by atoms with Crippen LogP contribution in [0.1, 0.15) is 32.6 Å². The molecule has 0 unspecified atom stereocenters. The number of hydrogen-bond acceptors (Lipinski definition) is 11. The van der Waals surface area contributed by atoms with E-state index < -0.39 is 61.1 Å². The maximum absolute atomic E-state index is 12.6. The van der Waals surface area contributed by atoms with E-state index in [1.165, 1.54) is 13.0 Å². The SMILES string of the molecule is C=CC(=O)NCCCOCCCCO[C@]1(C(=O)OC)C[C@H](O)[C@@H](NC(C)=O)[C@H]([C@H](O)[C@H](O)CO)O1. The molecule has 1 rings (SSSR count). The second-order valence-electron chi connectivity index (χ2n) is 8.08. The van der Waals surface area contributed by atoms with Gasteiger partial charge in [0.1, 0.15) is 18.3 Å². The molecule has 6 N–H and O–H groups in total. The van der Waals surface area contributed by atoms with Crippen molar-refractivity contribution in [2.24, 2.45) is 0 Å². The van der Waals surface area contributed by atoms with Gasteiger partial charge in [-0.15, -0.1) is 0 Å². The molecule has 0 aromatic carbocycles. The summed E-state index contributed by atoms with van der Waals surface area (Å²) in [6.45, 7) is 5.05. The molecule has 6 atom stereocenters. The zero-order valence-corrected chi connectivity index (χ0v) is 20.2. The van der Waals surface area contributed by atoms with Crippen LogP contribution >= 0.6 is 0 Å². The summed E-state index contributed by atoms with van der Waals surface area (Å²) >= 11 is 0. The highest BCUT2D eigenvalue weighted by atomic mass is 16.7. The van der Waals surface area contributed by atoms with Crippen molar-refractivity contribution < 1.29 is 53.8 Å². The van der Waals surface area contributed by atoms with Crippen molar-refractivity contribution in [1.82, 2.24) is 10.6 Å². The van der Waals surface area contributed by atoms with Crippen LogP contribution in [0.2, 0.25) is 0 Å². The predicted molar refractivity (Wildman–Crippen MR) is 121 cm³/mol. The highest BCUT2D eigenvalue weighted by molar-refractivity contribution is 5.86. The number of aliphatic hydroxyl groups is 4. The average molecular weight is 507 g/mol. The number of ether oxygens (including phenoxy) is 4. The van der Waals surface area contributed by atoms with Crippen molar-refractivity contribution in [3.05, 3.63) is 12.7 Å². The molecule has 0 saturated carbocycles. The minimum absolute atomic E-state index is 0.0107. The summed E-state index contributed by atoms with van der Waals surface area (Å²) < 4.78 is 21.7. The van der Waals surface area contributed by atoms with Crippen LogP contribution in [0.4, 0.5) is 0 Å². The van der Waals surface area contributed by atoms with Crippen LogP contribution < -0.4 is 10.6 Å². The van der Waals surface area contributed by atoms with E-state index in [1.807, 2.05) is 0 Å². The van der Waals surface area contributed by atoms with Gasteiger partial charge in [0.05, 0.1) is 32.5 Å². The van der Waals surface area contributed by atoms with Crippen LogP contribution in [0.15, 0.2) is 12.7 Å². The first-order valence-electron chi connectivity index (χ1n) is 11.4. The summed E-state index contributed by atoms with van der Waals surface area (Å²) in [7, 11) is 1.10. The summed E-state index contributed by atoms with van der Waals surface area (Å²) in [4.78, 5) is 35.2. The Kier molecular flexibility index (Phi) is 13.9. The largest absolute Gasteiger partial charge is 0.465 e. The maximum Gasteiger partial charge on any atom is 0.366 e. The van der Waals surface area contributed by atoms with E-state index in [9.17, 15) is 34.8 Å². The monoisotopic (exact) mass is 506 g/mol. The van der Waals surface area contributed by atoms with E-state index in [-0.39, 0.29) is 12.5 Å². The number of methoxy groups -OCH3 is 1. The minimum Gasteiger partial charge on any atom is -0.465 e. The smallest absolute Gasteiger partial charge is 0.366 e. The van der Waals surface area contributed by atoms with Gasteiger partial charge in [-0.2, -0.15) is 0 Å². The van der Waals surface area contributed by atoms with E-state index in [2.05, 4.69) is 17.2 Å². The lowest BCUT2D eigenvalue weighted by Gasteiger charge is -2.46. The van der Waals surface area contributed by atoms with Crippen molar-refractivity contribution in [3.63, 3.8) is 0 Å². The van der Waals surface area contributed by atoms with Crippen LogP contribution in [0.25, 0.3) is 0 Å². The summed E-state index contributed by atoms with van der Waals surface area (Å²) in [5, 5.41) is 45.3. The Balaban J connectivity index is 2.69. The van der Waals surface area contributed by atoms with Crippen molar-refractivity contribution >= 4 is 17.8 Å². The first-order valence-corrected chi connectivity index (χ1v) is 11.4. The van der Waals surface area contributed by atoms with E-state index in [0.717, 1.165) is 7.11 Å². The summed E-state index contributed by atoms with van der Waals surface area (Å²) in [6, 6.07) is -1.19. The molecule has 1 aliphatic rings. The number of nitrogens with one attached hydrogen (secondary N) is 2. The fourth-order valence-corrected chi connectivity index (χ4v) is 3.53. The standard InChI is InChI=1S/C22H38N2O11/c1-4-17(29)23-8-7-10-33-9-5-6-11-34-22(21(31)32-3)12-15(27)18(24-14(2)26)20(35-22)19(30)16(28)13-25/h4,15-16,18-20,25,27-28,30H,1,5-13H2,2-3H3,(H,23,29)(H,24,26)/t15-,16+,18+,19+,20+,22+/m0/s1. The van der Waals surface area contributed by atoms with E-state index >= 15 is 0 Å². The van der Waals surface area contributed by atoms with Crippen molar-refractivity contribution in [3.8, 4) is 0 Å². The molecule has 0 aliphatic carbocycles. The zero-order chi connectivity index (χ0) is 26.4. The molecule has 13 heteroatoms. The normalized spacial score (nSPS) is 25.8. The number of amides is 2. The fraction of sp³-hybridized carbons (Fsp3) is 0.773. The zero-order valence-electron chi connectivity index (χ0n) is 20.2. The third-order valence-corrected chi connectivity index (χ3v) is 5.33. The van der Waals surface area contributed by atoms with E-state index in [4.69, 9.17) is 18.9 Å². The quantitative estimate of drug-likeness (QED) is 0.0751. The third kappa shape index (κ3) is 9.80. The molecular weight excluding hydrogens is 468 g/mol. The van der Waals surface area contributed by atoms with Gasteiger partial charge >= 0.3 is 5.97 Å². The highest BCUT2D eigenvalue weighted by Gasteiger charge is 2.56. The summed E-state index contributed by atoms with van der Waals surface area (Å²) in [5.41, 5.74) is 0. The Morgan fingerprint density at radius 3 is 2.46 bits per heavy atom.